The molecule has 0 bridgehead atoms. The second-order valence-electron chi connectivity index (χ2n) is 3.51. The Morgan fingerprint density at radius 2 is 2.40 bits per heavy atom. The van der Waals surface area contributed by atoms with Crippen LogP contribution in [0, 0.1) is 0 Å². The summed E-state index contributed by atoms with van der Waals surface area (Å²) in [5.41, 5.74) is 1.82. The summed E-state index contributed by atoms with van der Waals surface area (Å²) in [7, 11) is 1.56. The van der Waals surface area contributed by atoms with Gasteiger partial charge >= 0.3 is 5.97 Å². The average Bonchev–Trinajstić information content (AvgIpc) is 2.27. The number of hydrogen-bond donors (Lipinski definition) is 2. The number of aliphatic carboxylic acids is 1. The topological polar surface area (TPSA) is 58.6 Å². The van der Waals surface area contributed by atoms with Gasteiger partial charge in [0, 0.05) is 12.1 Å². The molecule has 0 radical (unpaired) electrons. The molecule has 0 fully saturated rings. The fourth-order valence-corrected chi connectivity index (χ4v) is 1.98. The minimum Gasteiger partial charge on any atom is -0.496 e. The first-order chi connectivity index (χ1) is 7.24. The molecule has 4 heteroatoms. The number of rotatable bonds is 2. The van der Waals surface area contributed by atoms with Gasteiger partial charge in [-0.2, -0.15) is 0 Å². The highest BCUT2D eigenvalue weighted by molar-refractivity contribution is 5.78. The van der Waals surface area contributed by atoms with Crippen LogP contribution >= 0.6 is 0 Å². The van der Waals surface area contributed by atoms with E-state index in [2.05, 4.69) is 5.32 Å². The fourth-order valence-electron chi connectivity index (χ4n) is 1.98. The van der Waals surface area contributed by atoms with E-state index in [0.29, 0.717) is 12.3 Å². The second-order valence-corrected chi connectivity index (χ2v) is 3.51. The smallest absolute Gasteiger partial charge is 0.325 e. The Labute approximate surface area is 87.9 Å². The standard InChI is InChI=1S/C11H13NO3/c1-15-8-4-2-3-7-5-6-12-10(9(7)8)11(13)14/h2-4,10,12H,5-6H2,1H3,(H,13,14). The van der Waals surface area contributed by atoms with Gasteiger partial charge in [-0.15, -0.1) is 0 Å². The van der Waals surface area contributed by atoms with E-state index in [0.717, 1.165) is 17.5 Å². The molecule has 1 unspecified atom stereocenters. The van der Waals surface area contributed by atoms with Crippen LogP contribution in [-0.4, -0.2) is 24.7 Å². The third-order valence-electron chi connectivity index (χ3n) is 2.65. The molecule has 0 spiro atoms. The van der Waals surface area contributed by atoms with Crippen LogP contribution in [0.25, 0.3) is 0 Å². The van der Waals surface area contributed by atoms with E-state index in [-0.39, 0.29) is 0 Å². The summed E-state index contributed by atoms with van der Waals surface area (Å²) in [6, 6.07) is 4.99. The number of carboxylic acids is 1. The van der Waals surface area contributed by atoms with Crippen LogP contribution in [-0.2, 0) is 11.2 Å². The van der Waals surface area contributed by atoms with Crippen LogP contribution in [0.2, 0.25) is 0 Å². The lowest BCUT2D eigenvalue weighted by Crippen LogP contribution is -2.35. The van der Waals surface area contributed by atoms with Crippen molar-refractivity contribution < 1.29 is 14.6 Å². The van der Waals surface area contributed by atoms with Gasteiger partial charge in [0.05, 0.1) is 7.11 Å². The Kier molecular flexibility index (Phi) is 2.60. The monoisotopic (exact) mass is 207 g/mol. The number of benzene rings is 1. The Morgan fingerprint density at radius 3 is 3.07 bits per heavy atom. The Bertz CT molecular complexity index is 375. The quantitative estimate of drug-likeness (QED) is 0.758. The Morgan fingerprint density at radius 1 is 1.60 bits per heavy atom. The predicted octanol–water partition coefficient (Wildman–Crippen LogP) is 0.967. The number of hydrogen-bond acceptors (Lipinski definition) is 3. The zero-order valence-corrected chi connectivity index (χ0v) is 8.49. The molecule has 80 valence electrons. The molecule has 0 saturated heterocycles. The summed E-state index contributed by atoms with van der Waals surface area (Å²) in [6.07, 6.45) is 0.844. The molecule has 1 aromatic carbocycles. The maximum atomic E-state index is 11.1. The Balaban J connectivity index is 2.52. The zero-order chi connectivity index (χ0) is 10.8. The minimum atomic E-state index is -0.861. The first kappa shape index (κ1) is 9.98. The van der Waals surface area contributed by atoms with E-state index >= 15 is 0 Å². The van der Waals surface area contributed by atoms with Gasteiger partial charge in [0.2, 0.25) is 0 Å². The van der Waals surface area contributed by atoms with E-state index in [1.165, 1.54) is 0 Å². The molecular weight excluding hydrogens is 194 g/mol. The fraction of sp³-hybridized carbons (Fsp3) is 0.364. The number of methoxy groups -OCH3 is 1. The van der Waals surface area contributed by atoms with Gasteiger partial charge in [0.15, 0.2) is 0 Å². The van der Waals surface area contributed by atoms with Gasteiger partial charge in [-0.25, -0.2) is 0 Å². The van der Waals surface area contributed by atoms with Crippen LogP contribution in [0.5, 0.6) is 5.75 Å². The molecule has 1 heterocycles. The highest BCUT2D eigenvalue weighted by Crippen LogP contribution is 2.31. The van der Waals surface area contributed by atoms with Crippen molar-refractivity contribution in [3.05, 3.63) is 29.3 Å². The van der Waals surface area contributed by atoms with Crippen molar-refractivity contribution in [2.45, 2.75) is 12.5 Å². The van der Waals surface area contributed by atoms with Gasteiger partial charge in [0.1, 0.15) is 11.8 Å². The van der Waals surface area contributed by atoms with Crippen molar-refractivity contribution >= 4 is 5.97 Å². The largest absolute Gasteiger partial charge is 0.496 e. The first-order valence-electron chi connectivity index (χ1n) is 4.86. The summed E-state index contributed by atoms with van der Waals surface area (Å²) >= 11 is 0. The summed E-state index contributed by atoms with van der Waals surface area (Å²) < 4.78 is 5.19. The van der Waals surface area contributed by atoms with Crippen molar-refractivity contribution in [1.29, 1.82) is 0 Å². The zero-order valence-electron chi connectivity index (χ0n) is 8.49. The molecule has 0 saturated carbocycles. The highest BCUT2D eigenvalue weighted by Gasteiger charge is 2.28. The predicted molar refractivity (Wildman–Crippen MR) is 55.1 cm³/mol. The molecular formula is C11H13NO3. The summed E-state index contributed by atoms with van der Waals surface area (Å²) in [5.74, 6) is -0.215. The summed E-state index contributed by atoms with van der Waals surface area (Å²) in [5, 5.41) is 12.1. The number of ether oxygens (including phenoxy) is 1. The maximum Gasteiger partial charge on any atom is 0.325 e. The molecule has 1 aromatic rings. The van der Waals surface area contributed by atoms with Crippen LogP contribution in [0.1, 0.15) is 17.2 Å². The normalized spacial score (nSPS) is 19.4. The van der Waals surface area contributed by atoms with Crippen LogP contribution < -0.4 is 10.1 Å². The Hall–Kier alpha value is -1.55. The SMILES string of the molecule is COc1cccc2c1C(C(=O)O)NCC2. The highest BCUT2D eigenvalue weighted by atomic mass is 16.5. The van der Waals surface area contributed by atoms with Gasteiger partial charge in [-0.3, -0.25) is 4.79 Å². The van der Waals surface area contributed by atoms with Gasteiger partial charge in [-0.1, -0.05) is 12.1 Å². The van der Waals surface area contributed by atoms with Crippen molar-refractivity contribution in [2.24, 2.45) is 0 Å². The molecule has 2 rings (SSSR count). The van der Waals surface area contributed by atoms with E-state index in [9.17, 15) is 4.79 Å². The second kappa shape index (κ2) is 3.90. The summed E-state index contributed by atoms with van der Waals surface area (Å²) in [4.78, 5) is 11.1. The molecule has 0 aromatic heterocycles. The van der Waals surface area contributed by atoms with Crippen molar-refractivity contribution in [3.8, 4) is 5.75 Å². The minimum absolute atomic E-state index is 0.645. The third-order valence-corrected chi connectivity index (χ3v) is 2.65. The molecule has 0 aliphatic carbocycles. The third kappa shape index (κ3) is 1.68. The van der Waals surface area contributed by atoms with Gasteiger partial charge < -0.3 is 15.2 Å². The van der Waals surface area contributed by atoms with E-state index in [4.69, 9.17) is 9.84 Å². The van der Waals surface area contributed by atoms with Gasteiger partial charge in [0.25, 0.3) is 0 Å². The lowest BCUT2D eigenvalue weighted by atomic mass is 9.93. The van der Waals surface area contributed by atoms with E-state index in [1.54, 1.807) is 13.2 Å². The maximum absolute atomic E-state index is 11.1. The van der Waals surface area contributed by atoms with E-state index < -0.39 is 12.0 Å². The molecule has 1 aliphatic rings. The molecule has 1 atom stereocenters. The number of carbonyl (C=O) groups is 1. The van der Waals surface area contributed by atoms with E-state index in [1.807, 2.05) is 12.1 Å². The number of fused-ring (bicyclic) bond motifs is 1. The van der Waals surface area contributed by atoms with Crippen LogP contribution in [0.3, 0.4) is 0 Å². The number of carboxylic acid groups (broad SMARTS) is 1. The lowest BCUT2D eigenvalue weighted by Gasteiger charge is -2.25. The van der Waals surface area contributed by atoms with Crippen molar-refractivity contribution in [3.63, 3.8) is 0 Å². The van der Waals surface area contributed by atoms with Crippen molar-refractivity contribution in [2.75, 3.05) is 13.7 Å². The molecule has 4 nitrogen and oxygen atoms in total. The number of nitrogens with one attached hydrogen (secondary N) is 1. The van der Waals surface area contributed by atoms with Crippen LogP contribution in [0.4, 0.5) is 0 Å². The molecule has 2 N–H and O–H groups in total. The average molecular weight is 207 g/mol. The van der Waals surface area contributed by atoms with Crippen molar-refractivity contribution in [1.82, 2.24) is 5.32 Å². The molecule has 15 heavy (non-hydrogen) atoms. The van der Waals surface area contributed by atoms with Gasteiger partial charge in [-0.05, 0) is 18.1 Å². The molecule has 0 amide bonds. The lowest BCUT2D eigenvalue weighted by molar-refractivity contribution is -0.139. The first-order valence-corrected chi connectivity index (χ1v) is 4.86. The summed E-state index contributed by atoms with van der Waals surface area (Å²) in [6.45, 7) is 0.692. The molecule has 1 aliphatic heterocycles. The van der Waals surface area contributed by atoms with Crippen LogP contribution in [0.15, 0.2) is 18.2 Å².